The minimum Gasteiger partial charge on any atom is -0.342 e. The summed E-state index contributed by atoms with van der Waals surface area (Å²) in [5.41, 5.74) is 1.57. The Morgan fingerprint density at radius 3 is 2.03 bits per heavy atom. The number of hydrogen-bond donors (Lipinski definition) is 1. The molecular formula is C27H33N3O3. The Bertz CT molecular complexity index is 934. The van der Waals surface area contributed by atoms with E-state index in [9.17, 15) is 14.4 Å². The molecule has 0 radical (unpaired) electrons. The van der Waals surface area contributed by atoms with Crippen LogP contribution in [0.1, 0.15) is 48.0 Å². The number of amides is 3. The van der Waals surface area contributed by atoms with Crippen molar-refractivity contribution in [1.29, 1.82) is 0 Å². The van der Waals surface area contributed by atoms with Crippen LogP contribution in [-0.2, 0) is 16.0 Å². The van der Waals surface area contributed by atoms with Crippen molar-refractivity contribution in [2.24, 2.45) is 5.92 Å². The van der Waals surface area contributed by atoms with Crippen LogP contribution in [0.15, 0.2) is 60.7 Å². The van der Waals surface area contributed by atoms with E-state index in [-0.39, 0.29) is 23.6 Å². The molecule has 6 nitrogen and oxygen atoms in total. The number of rotatable bonds is 6. The molecule has 2 fully saturated rings. The van der Waals surface area contributed by atoms with Crippen LogP contribution >= 0.6 is 0 Å². The Morgan fingerprint density at radius 1 is 0.788 bits per heavy atom. The highest BCUT2D eigenvalue weighted by Gasteiger charge is 2.36. The maximum absolute atomic E-state index is 13.5. The van der Waals surface area contributed by atoms with Gasteiger partial charge in [0, 0.05) is 31.7 Å². The standard InChI is InChI=1S/C27H33N3O3/c31-24(20-21-10-4-1-5-11-21)29-18-14-22(15-19-29)25(27(33)30-16-8-3-9-17-30)28-26(32)23-12-6-2-7-13-23/h1-2,4-7,10-13,22,25H,3,8-9,14-20H2,(H,28,32)/t25-/m1/s1. The molecule has 33 heavy (non-hydrogen) atoms. The first-order chi connectivity index (χ1) is 16.1. The zero-order valence-corrected chi connectivity index (χ0v) is 19.1. The number of carbonyl (C=O) groups excluding carboxylic acids is 3. The van der Waals surface area contributed by atoms with Crippen molar-refractivity contribution in [2.75, 3.05) is 26.2 Å². The topological polar surface area (TPSA) is 69.7 Å². The van der Waals surface area contributed by atoms with E-state index >= 15 is 0 Å². The van der Waals surface area contributed by atoms with Crippen molar-refractivity contribution >= 4 is 17.7 Å². The number of nitrogens with one attached hydrogen (secondary N) is 1. The van der Waals surface area contributed by atoms with Crippen LogP contribution < -0.4 is 5.32 Å². The van der Waals surface area contributed by atoms with Crippen LogP contribution in [0.3, 0.4) is 0 Å². The molecule has 0 unspecified atom stereocenters. The van der Waals surface area contributed by atoms with E-state index < -0.39 is 6.04 Å². The van der Waals surface area contributed by atoms with Crippen molar-refractivity contribution in [1.82, 2.24) is 15.1 Å². The average molecular weight is 448 g/mol. The summed E-state index contributed by atoms with van der Waals surface area (Å²) in [4.78, 5) is 42.9. The van der Waals surface area contributed by atoms with E-state index in [4.69, 9.17) is 0 Å². The van der Waals surface area contributed by atoms with Gasteiger partial charge in [-0.1, -0.05) is 48.5 Å². The molecule has 2 aromatic rings. The van der Waals surface area contributed by atoms with E-state index in [1.807, 2.05) is 58.3 Å². The summed E-state index contributed by atoms with van der Waals surface area (Å²) in [7, 11) is 0. The van der Waals surface area contributed by atoms with Crippen LogP contribution in [0.4, 0.5) is 0 Å². The lowest BCUT2D eigenvalue weighted by atomic mass is 9.87. The molecule has 1 N–H and O–H groups in total. The Balaban J connectivity index is 1.41. The summed E-state index contributed by atoms with van der Waals surface area (Å²) in [6.07, 6.45) is 4.98. The molecule has 6 heteroatoms. The molecule has 0 spiro atoms. The first-order valence-corrected chi connectivity index (χ1v) is 12.1. The van der Waals surface area contributed by atoms with Gasteiger partial charge in [-0.2, -0.15) is 0 Å². The van der Waals surface area contributed by atoms with Gasteiger partial charge in [0.25, 0.3) is 5.91 Å². The number of hydrogen-bond acceptors (Lipinski definition) is 3. The molecule has 3 amide bonds. The number of benzene rings is 2. The predicted octanol–water partition coefficient (Wildman–Crippen LogP) is 3.28. The van der Waals surface area contributed by atoms with Crippen LogP contribution in [-0.4, -0.2) is 59.7 Å². The summed E-state index contributed by atoms with van der Waals surface area (Å²) in [5, 5.41) is 3.05. The minimum absolute atomic E-state index is 0.0212. The van der Waals surface area contributed by atoms with Crippen molar-refractivity contribution in [3.63, 3.8) is 0 Å². The zero-order valence-electron chi connectivity index (χ0n) is 19.1. The molecule has 174 valence electrons. The first kappa shape index (κ1) is 23.0. The molecule has 2 aromatic carbocycles. The third-order valence-corrected chi connectivity index (χ3v) is 6.82. The molecule has 0 aliphatic carbocycles. The summed E-state index contributed by atoms with van der Waals surface area (Å²) >= 11 is 0. The lowest BCUT2D eigenvalue weighted by Crippen LogP contribution is -2.55. The highest BCUT2D eigenvalue weighted by atomic mass is 16.2. The highest BCUT2D eigenvalue weighted by molar-refractivity contribution is 5.97. The number of likely N-dealkylation sites (tertiary alicyclic amines) is 2. The Hall–Kier alpha value is -3.15. The zero-order chi connectivity index (χ0) is 23.0. The molecule has 2 saturated heterocycles. The van der Waals surface area contributed by atoms with Crippen molar-refractivity contribution in [2.45, 2.75) is 44.6 Å². The first-order valence-electron chi connectivity index (χ1n) is 12.1. The van der Waals surface area contributed by atoms with Gasteiger partial charge in [0.15, 0.2) is 0 Å². The van der Waals surface area contributed by atoms with E-state index in [1.54, 1.807) is 12.1 Å². The lowest BCUT2D eigenvalue weighted by molar-refractivity contribution is -0.136. The molecule has 0 bridgehead atoms. The molecule has 0 saturated carbocycles. The quantitative estimate of drug-likeness (QED) is 0.739. The van der Waals surface area contributed by atoms with E-state index in [0.717, 1.165) is 37.9 Å². The fourth-order valence-corrected chi connectivity index (χ4v) is 4.87. The van der Waals surface area contributed by atoms with Gasteiger partial charge in [-0.3, -0.25) is 14.4 Å². The van der Waals surface area contributed by atoms with Crippen molar-refractivity contribution in [3.05, 3.63) is 71.8 Å². The number of nitrogens with zero attached hydrogens (tertiary/aromatic N) is 2. The molecular weight excluding hydrogens is 414 g/mol. The molecule has 2 aliphatic rings. The van der Waals surface area contributed by atoms with E-state index in [0.29, 0.717) is 37.9 Å². The summed E-state index contributed by atoms with van der Waals surface area (Å²) in [5.74, 6) is -0.0543. The number of carbonyl (C=O) groups is 3. The summed E-state index contributed by atoms with van der Waals surface area (Å²) in [6, 6.07) is 18.3. The van der Waals surface area contributed by atoms with Crippen molar-refractivity contribution < 1.29 is 14.4 Å². The fraction of sp³-hybridized carbons (Fsp3) is 0.444. The maximum atomic E-state index is 13.5. The maximum Gasteiger partial charge on any atom is 0.251 e. The summed E-state index contributed by atoms with van der Waals surface area (Å²) in [6.45, 7) is 2.73. The normalized spacial score (nSPS) is 17.9. The van der Waals surface area contributed by atoms with Crippen LogP contribution in [0.25, 0.3) is 0 Å². The smallest absolute Gasteiger partial charge is 0.251 e. The van der Waals surface area contributed by atoms with Gasteiger partial charge in [-0.05, 0) is 55.7 Å². The van der Waals surface area contributed by atoms with Crippen LogP contribution in [0, 0.1) is 5.92 Å². The monoisotopic (exact) mass is 447 g/mol. The minimum atomic E-state index is -0.554. The molecule has 0 aromatic heterocycles. The van der Waals surface area contributed by atoms with Gasteiger partial charge in [-0.15, -0.1) is 0 Å². The molecule has 2 heterocycles. The summed E-state index contributed by atoms with van der Waals surface area (Å²) < 4.78 is 0. The second-order valence-corrected chi connectivity index (χ2v) is 9.08. The molecule has 1 atom stereocenters. The van der Waals surface area contributed by atoms with Gasteiger partial charge < -0.3 is 15.1 Å². The average Bonchev–Trinajstić information content (AvgIpc) is 2.88. The third-order valence-electron chi connectivity index (χ3n) is 6.82. The van der Waals surface area contributed by atoms with Crippen molar-refractivity contribution in [3.8, 4) is 0 Å². The van der Waals surface area contributed by atoms with Crippen LogP contribution in [0.5, 0.6) is 0 Å². The lowest BCUT2D eigenvalue weighted by Gasteiger charge is -2.38. The van der Waals surface area contributed by atoms with Gasteiger partial charge in [0.1, 0.15) is 6.04 Å². The van der Waals surface area contributed by atoms with Gasteiger partial charge in [-0.25, -0.2) is 0 Å². The third kappa shape index (κ3) is 6.01. The van der Waals surface area contributed by atoms with Gasteiger partial charge in [0.2, 0.25) is 11.8 Å². The fourth-order valence-electron chi connectivity index (χ4n) is 4.87. The SMILES string of the molecule is O=C(N[C@@H](C(=O)N1CCCCC1)C1CCN(C(=O)Cc2ccccc2)CC1)c1ccccc1. The Labute approximate surface area is 196 Å². The largest absolute Gasteiger partial charge is 0.342 e. The highest BCUT2D eigenvalue weighted by Crippen LogP contribution is 2.24. The van der Waals surface area contributed by atoms with Gasteiger partial charge in [0.05, 0.1) is 6.42 Å². The number of piperidine rings is 2. The van der Waals surface area contributed by atoms with Gasteiger partial charge >= 0.3 is 0 Å². The second-order valence-electron chi connectivity index (χ2n) is 9.08. The molecule has 2 aliphatic heterocycles. The predicted molar refractivity (Wildman–Crippen MR) is 128 cm³/mol. The van der Waals surface area contributed by atoms with E-state index in [1.165, 1.54) is 0 Å². The van der Waals surface area contributed by atoms with E-state index in [2.05, 4.69) is 5.32 Å². The Morgan fingerprint density at radius 2 is 1.39 bits per heavy atom. The molecule has 4 rings (SSSR count). The van der Waals surface area contributed by atoms with Crippen LogP contribution in [0.2, 0.25) is 0 Å². The second kappa shape index (κ2) is 11.1. The Kier molecular flexibility index (Phi) is 7.76.